The number of ether oxygens (including phenoxy) is 1. The average molecular weight is 343 g/mol. The molecule has 130 valence electrons. The SMILES string of the molecule is CCOc1ccccc1N(CCNC(=O)NC(C)C)S(C)(=O)=O. The van der Waals surface area contributed by atoms with Crippen LogP contribution in [0.15, 0.2) is 24.3 Å². The van der Waals surface area contributed by atoms with Gasteiger partial charge in [-0.2, -0.15) is 0 Å². The molecule has 23 heavy (non-hydrogen) atoms. The summed E-state index contributed by atoms with van der Waals surface area (Å²) >= 11 is 0. The van der Waals surface area contributed by atoms with Gasteiger partial charge < -0.3 is 15.4 Å². The molecule has 0 unspecified atom stereocenters. The number of carbonyl (C=O) groups excluding carboxylic acids is 1. The van der Waals surface area contributed by atoms with Crippen LogP contribution < -0.4 is 19.7 Å². The van der Waals surface area contributed by atoms with Crippen LogP contribution in [-0.2, 0) is 10.0 Å². The van der Waals surface area contributed by atoms with E-state index in [1.807, 2.05) is 20.8 Å². The minimum Gasteiger partial charge on any atom is -0.492 e. The van der Waals surface area contributed by atoms with Crippen LogP contribution in [0.5, 0.6) is 5.75 Å². The average Bonchev–Trinajstić information content (AvgIpc) is 2.43. The number of hydrogen-bond donors (Lipinski definition) is 2. The summed E-state index contributed by atoms with van der Waals surface area (Å²) in [5.41, 5.74) is 0.461. The van der Waals surface area contributed by atoms with Gasteiger partial charge in [0.05, 0.1) is 25.1 Å². The van der Waals surface area contributed by atoms with Gasteiger partial charge in [0.1, 0.15) is 5.75 Å². The summed E-state index contributed by atoms with van der Waals surface area (Å²) in [5, 5.41) is 5.32. The molecular formula is C15H25N3O4S. The lowest BCUT2D eigenvalue weighted by molar-refractivity contribution is 0.239. The standard InChI is InChI=1S/C15H25N3O4S/c1-5-22-14-9-7-6-8-13(14)18(23(4,20)21)11-10-16-15(19)17-12(2)3/h6-9,12H,5,10-11H2,1-4H3,(H2,16,17,19). The maximum atomic E-state index is 12.1. The van der Waals surface area contributed by atoms with Crippen molar-refractivity contribution in [1.82, 2.24) is 10.6 Å². The second-order valence-electron chi connectivity index (χ2n) is 5.29. The first-order valence-electron chi connectivity index (χ1n) is 7.49. The van der Waals surface area contributed by atoms with Crippen LogP contribution in [0.3, 0.4) is 0 Å². The van der Waals surface area contributed by atoms with E-state index in [0.717, 1.165) is 6.26 Å². The molecule has 1 rings (SSSR count). The van der Waals surface area contributed by atoms with E-state index in [1.54, 1.807) is 24.3 Å². The van der Waals surface area contributed by atoms with Gasteiger partial charge in [0.2, 0.25) is 10.0 Å². The van der Waals surface area contributed by atoms with Crippen LogP contribution in [0.4, 0.5) is 10.5 Å². The lowest BCUT2D eigenvalue weighted by Gasteiger charge is -2.24. The molecule has 0 aliphatic rings. The highest BCUT2D eigenvalue weighted by atomic mass is 32.2. The number of hydrogen-bond acceptors (Lipinski definition) is 4. The molecule has 0 aliphatic carbocycles. The Balaban J connectivity index is 2.85. The van der Waals surface area contributed by atoms with Gasteiger partial charge in [-0.25, -0.2) is 13.2 Å². The summed E-state index contributed by atoms with van der Waals surface area (Å²) in [5.74, 6) is 0.493. The summed E-state index contributed by atoms with van der Waals surface area (Å²) < 4.78 is 30.9. The molecule has 0 bridgehead atoms. The highest BCUT2D eigenvalue weighted by molar-refractivity contribution is 7.92. The van der Waals surface area contributed by atoms with Crippen molar-refractivity contribution in [3.8, 4) is 5.75 Å². The Morgan fingerprint density at radius 2 is 1.96 bits per heavy atom. The fourth-order valence-electron chi connectivity index (χ4n) is 1.99. The van der Waals surface area contributed by atoms with Crippen molar-refractivity contribution >= 4 is 21.7 Å². The predicted octanol–water partition coefficient (Wildman–Crippen LogP) is 1.56. The maximum Gasteiger partial charge on any atom is 0.315 e. The van der Waals surface area contributed by atoms with Crippen molar-refractivity contribution in [2.45, 2.75) is 26.8 Å². The number of para-hydroxylation sites is 2. The Bertz CT molecular complexity index is 617. The Labute approximate surface area is 138 Å². The van der Waals surface area contributed by atoms with Gasteiger partial charge in [0, 0.05) is 12.6 Å². The van der Waals surface area contributed by atoms with E-state index in [-0.39, 0.29) is 25.2 Å². The highest BCUT2D eigenvalue weighted by Gasteiger charge is 2.20. The van der Waals surface area contributed by atoms with Crippen LogP contribution in [0.25, 0.3) is 0 Å². The minimum atomic E-state index is -3.50. The number of benzene rings is 1. The fraction of sp³-hybridized carbons (Fsp3) is 0.533. The number of anilines is 1. The Morgan fingerprint density at radius 3 is 2.52 bits per heavy atom. The van der Waals surface area contributed by atoms with E-state index < -0.39 is 10.0 Å². The van der Waals surface area contributed by atoms with E-state index >= 15 is 0 Å². The summed E-state index contributed by atoms with van der Waals surface area (Å²) in [6.45, 7) is 6.27. The van der Waals surface area contributed by atoms with E-state index in [4.69, 9.17) is 4.74 Å². The third kappa shape index (κ3) is 6.35. The third-order valence-electron chi connectivity index (χ3n) is 2.85. The quantitative estimate of drug-likeness (QED) is 0.750. The Morgan fingerprint density at radius 1 is 1.30 bits per heavy atom. The minimum absolute atomic E-state index is 0.0136. The third-order valence-corrected chi connectivity index (χ3v) is 4.03. The van der Waals surface area contributed by atoms with Crippen molar-refractivity contribution in [2.75, 3.05) is 30.3 Å². The summed E-state index contributed by atoms with van der Waals surface area (Å²) in [6.07, 6.45) is 1.13. The molecular weight excluding hydrogens is 318 g/mol. The number of nitrogens with one attached hydrogen (secondary N) is 2. The van der Waals surface area contributed by atoms with Gasteiger partial charge in [-0.1, -0.05) is 12.1 Å². The normalized spacial score (nSPS) is 11.2. The number of urea groups is 1. The molecule has 0 aromatic heterocycles. The smallest absolute Gasteiger partial charge is 0.315 e. The molecule has 8 heteroatoms. The van der Waals surface area contributed by atoms with Crippen molar-refractivity contribution in [1.29, 1.82) is 0 Å². The first-order valence-corrected chi connectivity index (χ1v) is 9.34. The van der Waals surface area contributed by atoms with Crippen LogP contribution >= 0.6 is 0 Å². The number of nitrogens with zero attached hydrogens (tertiary/aromatic N) is 1. The van der Waals surface area contributed by atoms with E-state index in [2.05, 4.69) is 10.6 Å². The summed E-state index contributed by atoms with van der Waals surface area (Å²) in [7, 11) is -3.50. The monoisotopic (exact) mass is 343 g/mol. The number of carbonyl (C=O) groups is 1. The second-order valence-corrected chi connectivity index (χ2v) is 7.20. The van der Waals surface area contributed by atoms with Gasteiger partial charge in [0.25, 0.3) is 0 Å². The first-order chi connectivity index (χ1) is 10.8. The molecule has 7 nitrogen and oxygen atoms in total. The Hall–Kier alpha value is -1.96. The molecule has 0 radical (unpaired) electrons. The molecule has 0 saturated carbocycles. The molecule has 0 atom stereocenters. The summed E-state index contributed by atoms with van der Waals surface area (Å²) in [4.78, 5) is 11.6. The molecule has 0 saturated heterocycles. The number of rotatable bonds is 8. The summed E-state index contributed by atoms with van der Waals surface area (Å²) in [6, 6.07) is 6.61. The molecule has 1 aromatic rings. The topological polar surface area (TPSA) is 87.7 Å². The molecule has 0 fully saturated rings. The first kappa shape index (κ1) is 19.1. The zero-order valence-electron chi connectivity index (χ0n) is 14.0. The van der Waals surface area contributed by atoms with E-state index in [9.17, 15) is 13.2 Å². The van der Waals surface area contributed by atoms with Crippen LogP contribution in [0.1, 0.15) is 20.8 Å². The van der Waals surface area contributed by atoms with Gasteiger partial charge in [-0.3, -0.25) is 4.31 Å². The lowest BCUT2D eigenvalue weighted by atomic mass is 10.3. The van der Waals surface area contributed by atoms with Crippen molar-refractivity contribution in [2.24, 2.45) is 0 Å². The van der Waals surface area contributed by atoms with Gasteiger partial charge in [0.15, 0.2) is 0 Å². The largest absolute Gasteiger partial charge is 0.492 e. The predicted molar refractivity (Wildman–Crippen MR) is 91.5 cm³/mol. The van der Waals surface area contributed by atoms with Crippen LogP contribution in [-0.4, -0.2) is 46.4 Å². The fourth-order valence-corrected chi connectivity index (χ4v) is 2.92. The zero-order valence-corrected chi connectivity index (χ0v) is 14.8. The van der Waals surface area contributed by atoms with Crippen LogP contribution in [0, 0.1) is 0 Å². The van der Waals surface area contributed by atoms with E-state index in [0.29, 0.717) is 18.0 Å². The lowest BCUT2D eigenvalue weighted by Crippen LogP contribution is -2.44. The maximum absolute atomic E-state index is 12.1. The van der Waals surface area contributed by atoms with Crippen LogP contribution in [0.2, 0.25) is 0 Å². The molecule has 2 amide bonds. The van der Waals surface area contributed by atoms with Gasteiger partial charge in [-0.15, -0.1) is 0 Å². The Kier molecular flexibility index (Phi) is 7.15. The second kappa shape index (κ2) is 8.61. The molecule has 0 aliphatic heterocycles. The molecule has 2 N–H and O–H groups in total. The zero-order chi connectivity index (χ0) is 17.5. The number of sulfonamides is 1. The molecule has 0 spiro atoms. The van der Waals surface area contributed by atoms with E-state index in [1.165, 1.54) is 4.31 Å². The molecule has 1 aromatic carbocycles. The van der Waals surface area contributed by atoms with Crippen molar-refractivity contribution in [3.63, 3.8) is 0 Å². The highest BCUT2D eigenvalue weighted by Crippen LogP contribution is 2.29. The molecule has 0 heterocycles. The van der Waals surface area contributed by atoms with Gasteiger partial charge in [-0.05, 0) is 32.9 Å². The van der Waals surface area contributed by atoms with Crippen molar-refractivity contribution < 1.29 is 17.9 Å². The number of amides is 2. The van der Waals surface area contributed by atoms with Crippen molar-refractivity contribution in [3.05, 3.63) is 24.3 Å². The van der Waals surface area contributed by atoms with Gasteiger partial charge >= 0.3 is 6.03 Å².